The molecule has 1 saturated heterocycles. The molecule has 106 valence electrons. The molecule has 5 nitrogen and oxygen atoms in total. The van der Waals surface area contributed by atoms with E-state index in [0.717, 1.165) is 28.7 Å². The van der Waals surface area contributed by atoms with Crippen LogP contribution in [0.4, 0.5) is 11.4 Å². The van der Waals surface area contributed by atoms with Crippen LogP contribution >= 0.6 is 23.4 Å². The fourth-order valence-electron chi connectivity index (χ4n) is 1.85. The average molecular weight is 312 g/mol. The molecule has 1 heterocycles. The molecule has 1 fully saturated rings. The predicted molar refractivity (Wildman–Crippen MR) is 83.9 cm³/mol. The standard InChI is InChI=1S/C13H14ClN3O2S/c1-3-12(14)16-6-7-20-13(16)15-11-5-4-10(17(18)19)8-9(11)2/h3-5,8,12H,1,6-7H2,2H3/b15-13+. The molecule has 7 heteroatoms. The number of alkyl halides is 1. The highest BCUT2D eigenvalue weighted by molar-refractivity contribution is 8.14. The Morgan fingerprint density at radius 2 is 2.40 bits per heavy atom. The van der Waals surface area contributed by atoms with Crippen LogP contribution in [0.1, 0.15) is 5.56 Å². The molecule has 0 N–H and O–H groups in total. The van der Waals surface area contributed by atoms with Gasteiger partial charge >= 0.3 is 0 Å². The molecule has 20 heavy (non-hydrogen) atoms. The van der Waals surface area contributed by atoms with Crippen molar-refractivity contribution in [3.8, 4) is 0 Å². The summed E-state index contributed by atoms with van der Waals surface area (Å²) in [6.45, 7) is 6.31. The van der Waals surface area contributed by atoms with Gasteiger partial charge in [-0.05, 0) is 18.6 Å². The number of nitro groups is 1. The van der Waals surface area contributed by atoms with E-state index in [1.54, 1.807) is 23.9 Å². The highest BCUT2D eigenvalue weighted by Gasteiger charge is 2.24. The van der Waals surface area contributed by atoms with Gasteiger partial charge in [0.25, 0.3) is 5.69 Å². The smallest absolute Gasteiger partial charge is 0.269 e. The highest BCUT2D eigenvalue weighted by atomic mass is 35.5. The van der Waals surface area contributed by atoms with Crippen LogP contribution in [0.15, 0.2) is 35.8 Å². The molecular formula is C13H14ClN3O2S. The first-order chi connectivity index (χ1) is 9.52. The number of rotatable bonds is 4. The Labute approximate surface area is 126 Å². The molecule has 0 aliphatic carbocycles. The lowest BCUT2D eigenvalue weighted by molar-refractivity contribution is -0.384. The molecule has 0 spiro atoms. The molecule has 0 amide bonds. The van der Waals surface area contributed by atoms with Gasteiger partial charge < -0.3 is 4.90 Å². The van der Waals surface area contributed by atoms with E-state index in [2.05, 4.69) is 11.6 Å². The lowest BCUT2D eigenvalue weighted by atomic mass is 10.2. The topological polar surface area (TPSA) is 58.7 Å². The molecule has 1 aromatic rings. The van der Waals surface area contributed by atoms with Crippen LogP contribution in [0.3, 0.4) is 0 Å². The number of benzene rings is 1. The molecule has 1 aliphatic heterocycles. The predicted octanol–water partition coefficient (Wildman–Crippen LogP) is 3.69. The Bertz CT molecular complexity index is 577. The van der Waals surface area contributed by atoms with Crippen LogP contribution < -0.4 is 0 Å². The summed E-state index contributed by atoms with van der Waals surface area (Å²) in [5.41, 5.74) is 1.27. The molecule has 0 saturated carbocycles. The molecule has 2 rings (SSSR count). The van der Waals surface area contributed by atoms with Gasteiger partial charge in [-0.25, -0.2) is 4.99 Å². The number of hydrogen-bond donors (Lipinski definition) is 0. The van der Waals surface area contributed by atoms with Crippen molar-refractivity contribution >= 4 is 39.9 Å². The normalized spacial score (nSPS) is 18.3. The summed E-state index contributed by atoms with van der Waals surface area (Å²) >= 11 is 7.78. The van der Waals surface area contributed by atoms with E-state index in [4.69, 9.17) is 11.6 Å². The summed E-state index contributed by atoms with van der Waals surface area (Å²) in [5, 5.41) is 11.5. The molecule has 0 radical (unpaired) electrons. The van der Waals surface area contributed by atoms with E-state index in [9.17, 15) is 10.1 Å². The maximum Gasteiger partial charge on any atom is 0.269 e. The third-order valence-electron chi connectivity index (χ3n) is 2.91. The Hall–Kier alpha value is -1.53. The van der Waals surface area contributed by atoms with E-state index in [1.807, 2.05) is 11.8 Å². The summed E-state index contributed by atoms with van der Waals surface area (Å²) in [5.74, 6) is 0.919. The lowest BCUT2D eigenvalue weighted by Gasteiger charge is -2.21. The number of aliphatic imine (C=N–C) groups is 1. The number of aryl methyl sites for hydroxylation is 1. The van der Waals surface area contributed by atoms with Gasteiger partial charge in [0, 0.05) is 24.4 Å². The second-order valence-electron chi connectivity index (χ2n) is 4.27. The minimum Gasteiger partial charge on any atom is -0.330 e. The minimum atomic E-state index is -0.410. The SMILES string of the molecule is C=CC(Cl)N1CCS/C1=N/c1ccc([N+](=O)[O-])cc1C. The first-order valence-electron chi connectivity index (χ1n) is 6.02. The Balaban J connectivity index is 2.30. The molecule has 0 aromatic heterocycles. The van der Waals surface area contributed by atoms with Gasteiger partial charge in [-0.1, -0.05) is 36.0 Å². The van der Waals surface area contributed by atoms with Gasteiger partial charge in [-0.2, -0.15) is 0 Å². The highest BCUT2D eigenvalue weighted by Crippen LogP contribution is 2.29. The summed E-state index contributed by atoms with van der Waals surface area (Å²) in [6, 6.07) is 4.64. The average Bonchev–Trinajstić information content (AvgIpc) is 2.88. The van der Waals surface area contributed by atoms with Gasteiger partial charge in [0.15, 0.2) is 5.17 Å². The fraction of sp³-hybridized carbons (Fsp3) is 0.308. The van der Waals surface area contributed by atoms with Crippen molar-refractivity contribution in [1.29, 1.82) is 0 Å². The van der Waals surface area contributed by atoms with E-state index in [1.165, 1.54) is 12.1 Å². The molecule has 1 aromatic carbocycles. The monoisotopic (exact) mass is 311 g/mol. The van der Waals surface area contributed by atoms with Crippen LogP contribution in [-0.2, 0) is 0 Å². The minimum absolute atomic E-state index is 0.0729. The van der Waals surface area contributed by atoms with E-state index in [-0.39, 0.29) is 11.2 Å². The van der Waals surface area contributed by atoms with Crippen LogP contribution in [-0.4, -0.2) is 32.8 Å². The summed E-state index contributed by atoms with van der Waals surface area (Å²) < 4.78 is 0. The first kappa shape index (κ1) is 14.9. The molecule has 1 unspecified atom stereocenters. The fourth-order valence-corrected chi connectivity index (χ4v) is 3.10. The first-order valence-corrected chi connectivity index (χ1v) is 7.45. The lowest BCUT2D eigenvalue weighted by Crippen LogP contribution is -2.30. The Morgan fingerprint density at radius 1 is 1.65 bits per heavy atom. The van der Waals surface area contributed by atoms with Crippen LogP contribution in [0.5, 0.6) is 0 Å². The number of nitrogens with zero attached hydrogens (tertiary/aromatic N) is 3. The third kappa shape index (κ3) is 3.13. The number of non-ortho nitro benzene ring substituents is 1. The second-order valence-corrected chi connectivity index (χ2v) is 5.78. The van der Waals surface area contributed by atoms with Crippen molar-refractivity contribution in [2.24, 2.45) is 4.99 Å². The van der Waals surface area contributed by atoms with Crippen molar-refractivity contribution in [3.05, 3.63) is 46.5 Å². The van der Waals surface area contributed by atoms with E-state index >= 15 is 0 Å². The van der Waals surface area contributed by atoms with Crippen molar-refractivity contribution in [2.45, 2.75) is 12.4 Å². The summed E-state index contributed by atoms with van der Waals surface area (Å²) in [6.07, 6.45) is 1.66. The van der Waals surface area contributed by atoms with Gasteiger partial charge in [0.1, 0.15) is 5.50 Å². The molecule has 1 atom stereocenters. The molecule has 0 bridgehead atoms. The summed E-state index contributed by atoms with van der Waals surface area (Å²) in [7, 11) is 0. The van der Waals surface area contributed by atoms with Crippen LogP contribution in [0.25, 0.3) is 0 Å². The Morgan fingerprint density at radius 3 is 3.00 bits per heavy atom. The zero-order chi connectivity index (χ0) is 14.7. The van der Waals surface area contributed by atoms with Crippen LogP contribution in [0, 0.1) is 17.0 Å². The van der Waals surface area contributed by atoms with Gasteiger partial charge in [0.05, 0.1) is 10.6 Å². The van der Waals surface area contributed by atoms with Gasteiger partial charge in [-0.3, -0.25) is 10.1 Å². The van der Waals surface area contributed by atoms with Gasteiger partial charge in [-0.15, -0.1) is 0 Å². The number of hydrogen-bond acceptors (Lipinski definition) is 4. The van der Waals surface area contributed by atoms with Gasteiger partial charge in [0.2, 0.25) is 0 Å². The van der Waals surface area contributed by atoms with E-state index < -0.39 is 4.92 Å². The zero-order valence-electron chi connectivity index (χ0n) is 11.0. The van der Waals surface area contributed by atoms with Crippen molar-refractivity contribution in [3.63, 3.8) is 0 Å². The maximum absolute atomic E-state index is 10.7. The summed E-state index contributed by atoms with van der Waals surface area (Å²) in [4.78, 5) is 16.8. The quantitative estimate of drug-likeness (QED) is 0.280. The molecule has 1 aliphatic rings. The van der Waals surface area contributed by atoms with Crippen molar-refractivity contribution < 1.29 is 4.92 Å². The van der Waals surface area contributed by atoms with Crippen molar-refractivity contribution in [2.75, 3.05) is 12.3 Å². The van der Waals surface area contributed by atoms with Crippen molar-refractivity contribution in [1.82, 2.24) is 4.90 Å². The Kier molecular flexibility index (Phi) is 4.67. The zero-order valence-corrected chi connectivity index (χ0v) is 12.5. The van der Waals surface area contributed by atoms with E-state index in [0.29, 0.717) is 0 Å². The van der Waals surface area contributed by atoms with Crippen LogP contribution in [0.2, 0.25) is 0 Å². The number of amidine groups is 1. The third-order valence-corrected chi connectivity index (χ3v) is 4.29. The number of halogens is 1. The number of nitro benzene ring substituents is 1. The molecular weight excluding hydrogens is 298 g/mol. The maximum atomic E-state index is 10.7. The largest absolute Gasteiger partial charge is 0.330 e. The second kappa shape index (κ2) is 6.28. The number of thioether (sulfide) groups is 1.